The lowest BCUT2D eigenvalue weighted by Crippen LogP contribution is -2.35. The number of sulfonamides is 1. The van der Waals surface area contributed by atoms with Gasteiger partial charge in [0.25, 0.3) is 0 Å². The molecule has 142 valence electrons. The molecule has 3 aromatic rings. The molecule has 2 aromatic carbocycles. The average molecular weight is 386 g/mol. The van der Waals surface area contributed by atoms with Crippen LogP contribution in [-0.2, 0) is 28.4 Å². The highest BCUT2D eigenvalue weighted by Crippen LogP contribution is 2.33. The van der Waals surface area contributed by atoms with Crippen molar-refractivity contribution in [2.24, 2.45) is 0 Å². The summed E-state index contributed by atoms with van der Waals surface area (Å²) in [5, 5.41) is 1.08. The van der Waals surface area contributed by atoms with Gasteiger partial charge in [-0.3, -0.25) is 0 Å². The van der Waals surface area contributed by atoms with Crippen LogP contribution >= 0.6 is 0 Å². The molecule has 1 aromatic heterocycles. The van der Waals surface area contributed by atoms with E-state index in [1.165, 1.54) is 34.1 Å². The smallest absolute Gasteiger partial charge is 0.243 e. The molecule has 1 N–H and O–H groups in total. The van der Waals surface area contributed by atoms with E-state index in [0.29, 0.717) is 19.5 Å². The highest BCUT2D eigenvalue weighted by atomic mass is 32.2. The van der Waals surface area contributed by atoms with Gasteiger partial charge in [0.1, 0.15) is 5.82 Å². The van der Waals surface area contributed by atoms with Gasteiger partial charge in [-0.2, -0.15) is 4.31 Å². The lowest BCUT2D eigenvalue weighted by molar-refractivity contribution is 0.391. The molecule has 0 fully saturated rings. The van der Waals surface area contributed by atoms with Gasteiger partial charge >= 0.3 is 0 Å². The summed E-state index contributed by atoms with van der Waals surface area (Å²) in [5.41, 5.74) is 4.41. The molecule has 0 spiro atoms. The van der Waals surface area contributed by atoms with Crippen molar-refractivity contribution in [3.05, 3.63) is 65.1 Å². The molecule has 4 rings (SSSR count). The van der Waals surface area contributed by atoms with Gasteiger partial charge < -0.3 is 4.98 Å². The molecule has 0 bridgehead atoms. The van der Waals surface area contributed by atoms with E-state index in [-0.39, 0.29) is 10.3 Å². The number of aromatic nitrogens is 1. The van der Waals surface area contributed by atoms with Crippen LogP contribution in [-0.4, -0.2) is 24.3 Å². The molecule has 2 heterocycles. The SMILES string of the molecule is CC(C)(C)c1ccc2[nH]c3c(c2c1)CN(S(=O)(=O)c1ccc(F)cc1)CC3. The van der Waals surface area contributed by atoms with E-state index in [4.69, 9.17) is 0 Å². The van der Waals surface area contributed by atoms with E-state index in [9.17, 15) is 12.8 Å². The predicted molar refractivity (Wildman–Crippen MR) is 105 cm³/mol. The minimum atomic E-state index is -3.65. The number of benzene rings is 2. The number of halogens is 1. The van der Waals surface area contributed by atoms with Crippen LogP contribution in [0.3, 0.4) is 0 Å². The zero-order valence-electron chi connectivity index (χ0n) is 15.7. The van der Waals surface area contributed by atoms with Crippen molar-refractivity contribution < 1.29 is 12.8 Å². The molecule has 0 radical (unpaired) electrons. The maximum Gasteiger partial charge on any atom is 0.243 e. The van der Waals surface area contributed by atoms with Crippen molar-refractivity contribution >= 4 is 20.9 Å². The third kappa shape index (κ3) is 3.17. The maximum absolute atomic E-state index is 13.2. The fraction of sp³-hybridized carbons (Fsp3) is 0.333. The average Bonchev–Trinajstić information content (AvgIpc) is 2.98. The lowest BCUT2D eigenvalue weighted by Gasteiger charge is -2.26. The fourth-order valence-corrected chi connectivity index (χ4v) is 5.03. The molecule has 0 atom stereocenters. The Balaban J connectivity index is 1.74. The Hall–Kier alpha value is -2.18. The van der Waals surface area contributed by atoms with Gasteiger partial charge in [-0.1, -0.05) is 26.8 Å². The summed E-state index contributed by atoms with van der Waals surface area (Å²) in [6.45, 7) is 7.23. The van der Waals surface area contributed by atoms with E-state index >= 15 is 0 Å². The molecule has 1 aliphatic rings. The molecule has 1 aliphatic heterocycles. The number of fused-ring (bicyclic) bond motifs is 3. The van der Waals surface area contributed by atoms with Crippen LogP contribution in [0.25, 0.3) is 10.9 Å². The molecule has 0 saturated heterocycles. The van der Waals surface area contributed by atoms with Gasteiger partial charge in [0.15, 0.2) is 0 Å². The second kappa shape index (κ2) is 6.17. The van der Waals surface area contributed by atoms with Gasteiger partial charge in [-0.05, 0) is 52.9 Å². The number of H-pyrrole nitrogens is 1. The highest BCUT2D eigenvalue weighted by molar-refractivity contribution is 7.89. The Kier molecular flexibility index (Phi) is 4.16. The van der Waals surface area contributed by atoms with E-state index in [0.717, 1.165) is 22.2 Å². The van der Waals surface area contributed by atoms with E-state index in [1.807, 2.05) is 0 Å². The summed E-state index contributed by atoms with van der Waals surface area (Å²) in [6, 6.07) is 11.4. The predicted octanol–water partition coefficient (Wildman–Crippen LogP) is 4.35. The number of hydrogen-bond donors (Lipinski definition) is 1. The van der Waals surface area contributed by atoms with Crippen molar-refractivity contribution in [1.29, 1.82) is 0 Å². The molecule has 6 heteroatoms. The molecule has 0 saturated carbocycles. The first kappa shape index (κ1) is 18.2. The first-order valence-corrected chi connectivity index (χ1v) is 10.5. The van der Waals surface area contributed by atoms with Gasteiger partial charge in [-0.15, -0.1) is 0 Å². The van der Waals surface area contributed by atoms with Crippen molar-refractivity contribution in [1.82, 2.24) is 9.29 Å². The quantitative estimate of drug-likeness (QED) is 0.712. The van der Waals surface area contributed by atoms with E-state index in [1.54, 1.807) is 0 Å². The van der Waals surface area contributed by atoms with Crippen LogP contribution in [0.4, 0.5) is 4.39 Å². The van der Waals surface area contributed by atoms with Crippen LogP contribution in [0.2, 0.25) is 0 Å². The summed E-state index contributed by atoms with van der Waals surface area (Å²) in [5.74, 6) is -0.443. The fourth-order valence-electron chi connectivity index (χ4n) is 3.62. The van der Waals surface area contributed by atoms with Crippen LogP contribution in [0.5, 0.6) is 0 Å². The zero-order chi connectivity index (χ0) is 19.4. The van der Waals surface area contributed by atoms with Crippen molar-refractivity contribution in [3.8, 4) is 0 Å². The Morgan fingerprint density at radius 1 is 1.07 bits per heavy atom. The van der Waals surface area contributed by atoms with E-state index in [2.05, 4.69) is 44.0 Å². The Bertz CT molecular complexity index is 1110. The third-order valence-electron chi connectivity index (χ3n) is 5.26. The van der Waals surface area contributed by atoms with Crippen molar-refractivity contribution in [2.75, 3.05) is 6.54 Å². The summed E-state index contributed by atoms with van der Waals surface area (Å²) in [7, 11) is -3.65. The first-order chi connectivity index (χ1) is 12.7. The molecule has 0 unspecified atom stereocenters. The van der Waals surface area contributed by atoms with Crippen molar-refractivity contribution in [2.45, 2.75) is 44.0 Å². The Morgan fingerprint density at radius 2 is 1.78 bits per heavy atom. The number of rotatable bonds is 2. The minimum absolute atomic E-state index is 0.0207. The van der Waals surface area contributed by atoms with Crippen molar-refractivity contribution in [3.63, 3.8) is 0 Å². The Morgan fingerprint density at radius 3 is 2.44 bits per heavy atom. The number of aromatic amines is 1. The standard InChI is InChI=1S/C21H23FN2O2S/c1-21(2,3)14-4-9-19-17(12-14)18-13-24(11-10-20(18)23-19)27(25,26)16-7-5-15(22)6-8-16/h4-9,12,23H,10-11,13H2,1-3H3. The van der Waals surface area contributed by atoms with Crippen LogP contribution in [0.1, 0.15) is 37.6 Å². The maximum atomic E-state index is 13.2. The highest BCUT2D eigenvalue weighted by Gasteiger charge is 2.30. The van der Waals surface area contributed by atoms with Crippen LogP contribution in [0.15, 0.2) is 47.4 Å². The summed E-state index contributed by atoms with van der Waals surface area (Å²) < 4.78 is 40.6. The van der Waals surface area contributed by atoms with Crippen LogP contribution in [0, 0.1) is 5.82 Å². The topological polar surface area (TPSA) is 53.2 Å². The largest absolute Gasteiger partial charge is 0.358 e. The van der Waals surface area contributed by atoms with E-state index < -0.39 is 15.8 Å². The third-order valence-corrected chi connectivity index (χ3v) is 7.12. The van der Waals surface area contributed by atoms with Gasteiger partial charge in [0, 0.05) is 36.1 Å². The second-order valence-corrected chi connectivity index (χ2v) is 10.1. The van der Waals surface area contributed by atoms with Crippen LogP contribution < -0.4 is 0 Å². The molecule has 4 nitrogen and oxygen atoms in total. The van der Waals surface area contributed by atoms with Gasteiger partial charge in [-0.25, -0.2) is 12.8 Å². The number of nitrogens with zero attached hydrogens (tertiary/aromatic N) is 1. The molecular weight excluding hydrogens is 363 g/mol. The number of nitrogens with one attached hydrogen (secondary N) is 1. The lowest BCUT2D eigenvalue weighted by atomic mass is 9.86. The molecule has 27 heavy (non-hydrogen) atoms. The summed E-state index contributed by atoms with van der Waals surface area (Å²) in [6.07, 6.45) is 0.634. The summed E-state index contributed by atoms with van der Waals surface area (Å²) >= 11 is 0. The first-order valence-electron chi connectivity index (χ1n) is 9.06. The second-order valence-electron chi connectivity index (χ2n) is 8.13. The number of hydrogen-bond acceptors (Lipinski definition) is 2. The molecular formula is C21H23FN2O2S. The zero-order valence-corrected chi connectivity index (χ0v) is 16.5. The van der Waals surface area contributed by atoms with Gasteiger partial charge in [0.2, 0.25) is 10.0 Å². The summed E-state index contributed by atoms with van der Waals surface area (Å²) in [4.78, 5) is 3.57. The Labute approximate surface area is 159 Å². The molecule has 0 amide bonds. The normalized spacial score (nSPS) is 15.9. The van der Waals surface area contributed by atoms with Gasteiger partial charge in [0.05, 0.1) is 4.90 Å². The minimum Gasteiger partial charge on any atom is -0.358 e. The molecule has 0 aliphatic carbocycles. The monoisotopic (exact) mass is 386 g/mol.